The van der Waals surface area contributed by atoms with Crippen LogP contribution in [0.5, 0.6) is 0 Å². The Hall–Kier alpha value is -2.47. The number of fused-ring (bicyclic) bond motifs is 2. The SMILES string of the molecule is CCCN(C(=O)c1sc2nc3n(c(=O)c2c1C)CCCCC3)c1ccc(C(C)C)cc1. The molecule has 3 heterocycles. The van der Waals surface area contributed by atoms with Crippen molar-refractivity contribution in [1.29, 1.82) is 0 Å². The molecule has 164 valence electrons. The van der Waals surface area contributed by atoms with E-state index in [9.17, 15) is 9.59 Å². The number of rotatable bonds is 5. The van der Waals surface area contributed by atoms with E-state index in [-0.39, 0.29) is 11.5 Å². The number of amides is 1. The van der Waals surface area contributed by atoms with E-state index in [1.54, 1.807) is 0 Å². The molecule has 0 atom stereocenters. The predicted octanol–water partition coefficient (Wildman–Crippen LogP) is 5.67. The molecule has 0 spiro atoms. The van der Waals surface area contributed by atoms with E-state index in [2.05, 4.69) is 32.9 Å². The Bertz CT molecular complexity index is 1160. The molecule has 0 bridgehead atoms. The Morgan fingerprint density at radius 1 is 1.19 bits per heavy atom. The Morgan fingerprint density at radius 2 is 1.94 bits per heavy atom. The Balaban J connectivity index is 1.77. The van der Waals surface area contributed by atoms with Gasteiger partial charge in [0.15, 0.2) is 0 Å². The molecule has 0 unspecified atom stereocenters. The fourth-order valence-electron chi connectivity index (χ4n) is 4.35. The van der Waals surface area contributed by atoms with Gasteiger partial charge in [-0.25, -0.2) is 4.98 Å². The average Bonchev–Trinajstić information content (AvgIpc) is 2.93. The van der Waals surface area contributed by atoms with Crippen molar-refractivity contribution < 1.29 is 4.79 Å². The number of carbonyl (C=O) groups is 1. The van der Waals surface area contributed by atoms with Crippen molar-refractivity contribution in [2.45, 2.75) is 72.3 Å². The lowest BCUT2D eigenvalue weighted by Gasteiger charge is -2.22. The van der Waals surface area contributed by atoms with Gasteiger partial charge in [-0.3, -0.25) is 14.2 Å². The molecule has 2 aromatic heterocycles. The lowest BCUT2D eigenvalue weighted by molar-refractivity contribution is 0.0990. The molecule has 3 aromatic rings. The van der Waals surface area contributed by atoms with Crippen LogP contribution < -0.4 is 10.5 Å². The molecule has 1 amide bonds. The molecule has 5 nitrogen and oxygen atoms in total. The quantitative estimate of drug-likeness (QED) is 0.516. The lowest BCUT2D eigenvalue weighted by Crippen LogP contribution is -2.31. The highest BCUT2D eigenvalue weighted by atomic mass is 32.1. The zero-order valence-corrected chi connectivity index (χ0v) is 19.7. The van der Waals surface area contributed by atoms with E-state index in [1.165, 1.54) is 16.9 Å². The van der Waals surface area contributed by atoms with Crippen LogP contribution in [0.25, 0.3) is 10.2 Å². The summed E-state index contributed by atoms with van der Waals surface area (Å²) in [5, 5.41) is 0.616. The number of benzene rings is 1. The first-order chi connectivity index (χ1) is 14.9. The van der Waals surface area contributed by atoms with Gasteiger partial charge >= 0.3 is 0 Å². The zero-order valence-electron chi connectivity index (χ0n) is 18.9. The fraction of sp³-hybridized carbons (Fsp3) is 0.480. The third-order valence-electron chi connectivity index (χ3n) is 6.17. The number of carbonyl (C=O) groups excluding carboxylic acids is 1. The maximum absolute atomic E-state index is 13.6. The summed E-state index contributed by atoms with van der Waals surface area (Å²) < 4.78 is 1.83. The molecular weight excluding hydrogens is 406 g/mol. The number of aryl methyl sites for hydroxylation is 2. The van der Waals surface area contributed by atoms with E-state index < -0.39 is 0 Å². The first kappa shape index (κ1) is 21.8. The second kappa shape index (κ2) is 8.95. The molecule has 1 aliphatic heterocycles. The van der Waals surface area contributed by atoms with Crippen molar-refractivity contribution in [1.82, 2.24) is 9.55 Å². The van der Waals surface area contributed by atoms with Crippen LogP contribution in [0.2, 0.25) is 0 Å². The molecule has 0 radical (unpaired) electrons. The first-order valence-electron chi connectivity index (χ1n) is 11.4. The van der Waals surface area contributed by atoms with E-state index in [1.807, 2.05) is 28.5 Å². The highest BCUT2D eigenvalue weighted by Gasteiger charge is 2.26. The van der Waals surface area contributed by atoms with Crippen LogP contribution in [0.1, 0.15) is 79.0 Å². The molecule has 0 fully saturated rings. The minimum absolute atomic E-state index is 0.0121. The fourth-order valence-corrected chi connectivity index (χ4v) is 5.49. The summed E-state index contributed by atoms with van der Waals surface area (Å²) in [5.41, 5.74) is 2.93. The van der Waals surface area contributed by atoms with Crippen molar-refractivity contribution in [2.75, 3.05) is 11.4 Å². The summed E-state index contributed by atoms with van der Waals surface area (Å²) in [6.07, 6.45) is 4.88. The molecule has 31 heavy (non-hydrogen) atoms. The Kier molecular flexibility index (Phi) is 6.28. The van der Waals surface area contributed by atoms with Gasteiger partial charge in [0.05, 0.1) is 10.3 Å². The summed E-state index contributed by atoms with van der Waals surface area (Å²) >= 11 is 1.37. The molecule has 0 saturated heterocycles. The maximum Gasteiger partial charge on any atom is 0.268 e. The minimum atomic E-state index is -0.0424. The van der Waals surface area contributed by atoms with Crippen LogP contribution >= 0.6 is 11.3 Å². The van der Waals surface area contributed by atoms with Crippen molar-refractivity contribution in [3.05, 3.63) is 56.4 Å². The van der Waals surface area contributed by atoms with Crippen molar-refractivity contribution in [2.24, 2.45) is 0 Å². The van der Waals surface area contributed by atoms with Crippen LogP contribution in [-0.2, 0) is 13.0 Å². The highest BCUT2D eigenvalue weighted by Crippen LogP contribution is 2.31. The van der Waals surface area contributed by atoms with Crippen LogP contribution in [0.3, 0.4) is 0 Å². The minimum Gasteiger partial charge on any atom is -0.308 e. The largest absolute Gasteiger partial charge is 0.308 e. The van der Waals surface area contributed by atoms with Gasteiger partial charge in [0.1, 0.15) is 10.7 Å². The van der Waals surface area contributed by atoms with Gasteiger partial charge in [0.25, 0.3) is 11.5 Å². The van der Waals surface area contributed by atoms with Gasteiger partial charge in [-0.15, -0.1) is 11.3 Å². The monoisotopic (exact) mass is 437 g/mol. The molecular formula is C25H31N3O2S. The van der Waals surface area contributed by atoms with Crippen molar-refractivity contribution in [3.8, 4) is 0 Å². The second-order valence-corrected chi connectivity index (χ2v) is 9.73. The van der Waals surface area contributed by atoms with Crippen molar-refractivity contribution >= 4 is 33.1 Å². The lowest BCUT2D eigenvalue weighted by atomic mass is 10.0. The molecule has 1 aliphatic rings. The Morgan fingerprint density at radius 3 is 2.61 bits per heavy atom. The molecule has 4 rings (SSSR count). The summed E-state index contributed by atoms with van der Waals surface area (Å²) in [4.78, 5) is 34.9. The number of hydrogen-bond acceptors (Lipinski definition) is 4. The van der Waals surface area contributed by atoms with E-state index in [0.29, 0.717) is 27.6 Å². The number of thiophene rings is 1. The van der Waals surface area contributed by atoms with Crippen LogP contribution in [-0.4, -0.2) is 22.0 Å². The normalized spacial score (nSPS) is 14.0. The van der Waals surface area contributed by atoms with Gasteiger partial charge < -0.3 is 4.90 Å². The van der Waals surface area contributed by atoms with E-state index >= 15 is 0 Å². The average molecular weight is 438 g/mol. The number of hydrogen-bond donors (Lipinski definition) is 0. The molecule has 0 aliphatic carbocycles. The first-order valence-corrected chi connectivity index (χ1v) is 12.2. The number of anilines is 1. The highest BCUT2D eigenvalue weighted by molar-refractivity contribution is 7.20. The number of nitrogens with zero attached hydrogens (tertiary/aromatic N) is 3. The third-order valence-corrected chi connectivity index (χ3v) is 7.34. The molecule has 6 heteroatoms. The zero-order chi connectivity index (χ0) is 22.1. The topological polar surface area (TPSA) is 55.2 Å². The van der Waals surface area contributed by atoms with E-state index in [0.717, 1.165) is 55.7 Å². The number of aromatic nitrogens is 2. The summed E-state index contributed by atoms with van der Waals surface area (Å²) in [6.45, 7) is 9.65. The summed E-state index contributed by atoms with van der Waals surface area (Å²) in [5.74, 6) is 1.27. The maximum atomic E-state index is 13.6. The standard InChI is InChI=1S/C25H31N3O2S/c1-5-14-27(19-12-10-18(11-13-19)16(2)3)25(30)22-17(4)21-23(31-22)26-20-9-7-6-8-15-28(20)24(21)29/h10-13,16H,5-9,14-15H2,1-4H3. The summed E-state index contributed by atoms with van der Waals surface area (Å²) in [6, 6.07) is 8.25. The van der Waals surface area contributed by atoms with Crippen LogP contribution in [0.4, 0.5) is 5.69 Å². The van der Waals surface area contributed by atoms with Crippen LogP contribution in [0.15, 0.2) is 29.1 Å². The van der Waals surface area contributed by atoms with Gasteiger partial charge in [-0.1, -0.05) is 39.3 Å². The molecule has 0 saturated carbocycles. The van der Waals surface area contributed by atoms with Crippen LogP contribution in [0, 0.1) is 6.92 Å². The van der Waals surface area contributed by atoms with Gasteiger partial charge in [-0.2, -0.15) is 0 Å². The van der Waals surface area contributed by atoms with Gasteiger partial charge in [0, 0.05) is 25.2 Å². The molecule has 1 aromatic carbocycles. The smallest absolute Gasteiger partial charge is 0.268 e. The predicted molar refractivity (Wildman–Crippen MR) is 129 cm³/mol. The van der Waals surface area contributed by atoms with E-state index in [4.69, 9.17) is 4.98 Å². The third kappa shape index (κ3) is 4.05. The van der Waals surface area contributed by atoms with Gasteiger partial charge in [0.2, 0.25) is 0 Å². The Labute approximate surface area is 187 Å². The summed E-state index contributed by atoms with van der Waals surface area (Å²) in [7, 11) is 0. The van der Waals surface area contributed by atoms with Gasteiger partial charge in [-0.05, 0) is 55.4 Å². The second-order valence-electron chi connectivity index (χ2n) is 8.73. The van der Waals surface area contributed by atoms with Crippen molar-refractivity contribution in [3.63, 3.8) is 0 Å². The molecule has 0 N–H and O–H groups in total.